The van der Waals surface area contributed by atoms with Gasteiger partial charge in [-0.15, -0.1) is 0 Å². The van der Waals surface area contributed by atoms with E-state index in [4.69, 9.17) is 5.73 Å². The van der Waals surface area contributed by atoms with E-state index in [-0.39, 0.29) is 19.5 Å². The van der Waals surface area contributed by atoms with Gasteiger partial charge in [0.05, 0.1) is 6.54 Å². The normalized spacial score (nSPS) is 15.4. The van der Waals surface area contributed by atoms with Gasteiger partial charge in [0.1, 0.15) is 6.04 Å². The number of alkyl halides is 6. The number of rotatable bonds is 6. The van der Waals surface area contributed by atoms with Crippen molar-refractivity contribution in [2.24, 2.45) is 5.73 Å². The highest BCUT2D eigenvalue weighted by molar-refractivity contribution is 4.80. The van der Waals surface area contributed by atoms with Gasteiger partial charge in [-0.25, -0.2) is 0 Å². The quantitative estimate of drug-likeness (QED) is 0.749. The predicted molar refractivity (Wildman–Crippen MR) is 51.4 cm³/mol. The fourth-order valence-corrected chi connectivity index (χ4v) is 1.57. The van der Waals surface area contributed by atoms with Gasteiger partial charge in [0.15, 0.2) is 0 Å². The van der Waals surface area contributed by atoms with E-state index < -0.39 is 31.4 Å². The second-order valence-corrected chi connectivity index (χ2v) is 3.72. The molecule has 0 aromatic carbocycles. The van der Waals surface area contributed by atoms with Gasteiger partial charge in [-0.1, -0.05) is 6.92 Å². The third-order valence-corrected chi connectivity index (χ3v) is 2.15. The highest BCUT2D eigenvalue weighted by atomic mass is 19.4. The van der Waals surface area contributed by atoms with Crippen LogP contribution in [0, 0.1) is 0 Å². The third-order valence-electron chi connectivity index (χ3n) is 2.15. The SMILES string of the molecule is CCCN(CC(F)(F)F)C(CCN)C(F)(F)F. The Bertz CT molecular complexity index is 213. The molecule has 0 spiro atoms. The van der Waals surface area contributed by atoms with Crippen molar-refractivity contribution in [3.8, 4) is 0 Å². The lowest BCUT2D eigenvalue weighted by Crippen LogP contribution is -2.50. The van der Waals surface area contributed by atoms with Crippen molar-refractivity contribution in [1.82, 2.24) is 4.90 Å². The standard InChI is InChI=1S/C9H16F6N2/c1-2-5-17(6-8(10,11)12)7(3-4-16)9(13,14)15/h7H,2-6,16H2,1H3. The molecule has 0 saturated heterocycles. The first-order valence-corrected chi connectivity index (χ1v) is 5.19. The van der Waals surface area contributed by atoms with Crippen molar-refractivity contribution in [2.45, 2.75) is 38.2 Å². The van der Waals surface area contributed by atoms with E-state index in [0.717, 1.165) is 0 Å². The minimum Gasteiger partial charge on any atom is -0.330 e. The maximum atomic E-state index is 12.6. The van der Waals surface area contributed by atoms with Crippen molar-refractivity contribution in [3.05, 3.63) is 0 Å². The minimum atomic E-state index is -4.69. The summed E-state index contributed by atoms with van der Waals surface area (Å²) >= 11 is 0. The summed E-state index contributed by atoms with van der Waals surface area (Å²) in [4.78, 5) is 0.396. The molecule has 0 heterocycles. The highest BCUT2D eigenvalue weighted by Crippen LogP contribution is 2.29. The van der Waals surface area contributed by atoms with E-state index in [1.54, 1.807) is 0 Å². The Labute approximate surface area is 95.8 Å². The lowest BCUT2D eigenvalue weighted by Gasteiger charge is -2.33. The van der Waals surface area contributed by atoms with Gasteiger partial charge in [-0.2, -0.15) is 26.3 Å². The Hall–Kier alpha value is -0.500. The molecule has 2 nitrogen and oxygen atoms in total. The Kier molecular flexibility index (Phi) is 6.25. The van der Waals surface area contributed by atoms with Gasteiger partial charge in [-0.05, 0) is 25.9 Å². The fourth-order valence-electron chi connectivity index (χ4n) is 1.57. The Morgan fingerprint density at radius 1 is 1.12 bits per heavy atom. The average molecular weight is 266 g/mol. The molecule has 8 heteroatoms. The van der Waals surface area contributed by atoms with Gasteiger partial charge in [0.2, 0.25) is 0 Å². The van der Waals surface area contributed by atoms with Gasteiger partial charge in [0, 0.05) is 0 Å². The summed E-state index contributed by atoms with van der Waals surface area (Å²) in [5.41, 5.74) is 5.02. The van der Waals surface area contributed by atoms with Crippen LogP contribution in [0.5, 0.6) is 0 Å². The fraction of sp³-hybridized carbons (Fsp3) is 1.00. The van der Waals surface area contributed by atoms with Crippen molar-refractivity contribution >= 4 is 0 Å². The summed E-state index contributed by atoms with van der Waals surface area (Å²) in [5.74, 6) is 0. The molecule has 0 aromatic rings. The monoisotopic (exact) mass is 266 g/mol. The Morgan fingerprint density at radius 3 is 1.94 bits per heavy atom. The zero-order valence-electron chi connectivity index (χ0n) is 9.41. The molecule has 1 atom stereocenters. The number of halogens is 6. The molecule has 0 rings (SSSR count). The van der Waals surface area contributed by atoms with Crippen molar-refractivity contribution in [1.29, 1.82) is 0 Å². The highest BCUT2D eigenvalue weighted by Gasteiger charge is 2.45. The minimum absolute atomic E-state index is 0.216. The second kappa shape index (κ2) is 6.44. The van der Waals surface area contributed by atoms with E-state index in [2.05, 4.69) is 0 Å². The van der Waals surface area contributed by atoms with Crippen LogP contribution in [0.2, 0.25) is 0 Å². The van der Waals surface area contributed by atoms with Gasteiger partial charge >= 0.3 is 12.4 Å². The largest absolute Gasteiger partial charge is 0.404 e. The number of hydrogen-bond acceptors (Lipinski definition) is 2. The summed E-state index contributed by atoms with van der Waals surface area (Å²) < 4.78 is 74.3. The first kappa shape index (κ1) is 16.5. The summed E-state index contributed by atoms with van der Waals surface area (Å²) in [6.07, 6.45) is -9.65. The molecule has 0 amide bonds. The third kappa shape index (κ3) is 6.72. The molecule has 1 unspecified atom stereocenters. The van der Waals surface area contributed by atoms with Gasteiger partial charge in [-0.3, -0.25) is 4.90 Å². The smallest absolute Gasteiger partial charge is 0.330 e. The van der Waals surface area contributed by atoms with E-state index in [1.807, 2.05) is 0 Å². The molecule has 104 valence electrons. The zero-order valence-corrected chi connectivity index (χ0v) is 9.41. The zero-order chi connectivity index (χ0) is 13.7. The van der Waals surface area contributed by atoms with Crippen LogP contribution in [0.3, 0.4) is 0 Å². The molecule has 0 bridgehead atoms. The van der Waals surface area contributed by atoms with Gasteiger partial charge < -0.3 is 5.73 Å². The first-order valence-electron chi connectivity index (χ1n) is 5.19. The van der Waals surface area contributed by atoms with Crippen LogP contribution in [0.1, 0.15) is 19.8 Å². The second-order valence-electron chi connectivity index (χ2n) is 3.72. The van der Waals surface area contributed by atoms with Crippen LogP contribution in [0.15, 0.2) is 0 Å². The van der Waals surface area contributed by atoms with Crippen molar-refractivity contribution < 1.29 is 26.3 Å². The van der Waals surface area contributed by atoms with E-state index >= 15 is 0 Å². The van der Waals surface area contributed by atoms with Crippen LogP contribution >= 0.6 is 0 Å². The summed E-state index contributed by atoms with van der Waals surface area (Å²) in [6, 6.07) is -2.13. The van der Waals surface area contributed by atoms with E-state index in [9.17, 15) is 26.3 Å². The van der Waals surface area contributed by atoms with Crippen LogP contribution in [0.4, 0.5) is 26.3 Å². The maximum Gasteiger partial charge on any atom is 0.404 e. The molecule has 17 heavy (non-hydrogen) atoms. The van der Waals surface area contributed by atoms with Crippen LogP contribution < -0.4 is 5.73 Å². The Balaban J connectivity index is 4.83. The topological polar surface area (TPSA) is 29.3 Å². The Morgan fingerprint density at radius 2 is 1.65 bits per heavy atom. The molecule has 2 N–H and O–H groups in total. The summed E-state index contributed by atoms with van der Waals surface area (Å²) in [5, 5.41) is 0. The molecule has 0 aliphatic rings. The molecular weight excluding hydrogens is 250 g/mol. The summed E-state index contributed by atoms with van der Waals surface area (Å²) in [6.45, 7) is -0.601. The lowest BCUT2D eigenvalue weighted by molar-refractivity contribution is -0.210. The summed E-state index contributed by atoms with van der Waals surface area (Å²) in [7, 11) is 0. The van der Waals surface area contributed by atoms with Crippen molar-refractivity contribution in [3.63, 3.8) is 0 Å². The maximum absolute atomic E-state index is 12.6. The van der Waals surface area contributed by atoms with E-state index in [1.165, 1.54) is 6.92 Å². The van der Waals surface area contributed by atoms with Crippen molar-refractivity contribution in [2.75, 3.05) is 19.6 Å². The van der Waals surface area contributed by atoms with E-state index in [0.29, 0.717) is 4.90 Å². The molecule has 0 radical (unpaired) electrons. The predicted octanol–water partition coefficient (Wildman–Crippen LogP) is 2.54. The molecule has 0 saturated carbocycles. The molecule has 0 aliphatic heterocycles. The number of nitrogens with zero attached hydrogens (tertiary/aromatic N) is 1. The average Bonchev–Trinajstić information content (AvgIpc) is 2.09. The van der Waals surface area contributed by atoms with Crippen LogP contribution in [-0.4, -0.2) is 42.9 Å². The molecule has 0 aromatic heterocycles. The first-order chi connectivity index (χ1) is 7.61. The molecule has 0 aliphatic carbocycles. The van der Waals surface area contributed by atoms with Crippen LogP contribution in [0.25, 0.3) is 0 Å². The van der Waals surface area contributed by atoms with Gasteiger partial charge in [0.25, 0.3) is 0 Å². The number of hydrogen-bond donors (Lipinski definition) is 1. The molecule has 0 fully saturated rings. The molecular formula is C9H16F6N2. The lowest BCUT2D eigenvalue weighted by atomic mass is 10.1. The van der Waals surface area contributed by atoms with Crippen LogP contribution in [-0.2, 0) is 0 Å². The number of nitrogens with two attached hydrogens (primary N) is 1.